The van der Waals surface area contributed by atoms with Crippen LogP contribution < -0.4 is 5.73 Å². The summed E-state index contributed by atoms with van der Waals surface area (Å²) in [6.45, 7) is 0.297. The van der Waals surface area contributed by atoms with Gasteiger partial charge in [0.05, 0.1) is 6.10 Å². The standard InChI is InChI=1S/C5H9N3OS2/c6-1-4(9)2-10-5-7-3-8-11-5/h3-4,9H,1-2,6H2/t4-/m0/s1. The number of thioether (sulfide) groups is 1. The maximum atomic E-state index is 9.07. The Labute approximate surface area is 73.0 Å². The molecule has 0 bridgehead atoms. The molecule has 0 aromatic carbocycles. The number of aliphatic hydroxyl groups is 1. The van der Waals surface area contributed by atoms with Crippen LogP contribution in [-0.4, -0.2) is 32.9 Å². The van der Waals surface area contributed by atoms with E-state index >= 15 is 0 Å². The highest BCUT2D eigenvalue weighted by Gasteiger charge is 2.03. The summed E-state index contributed by atoms with van der Waals surface area (Å²) in [6, 6.07) is 0. The number of aliphatic hydroxyl groups excluding tert-OH is 1. The van der Waals surface area contributed by atoms with Gasteiger partial charge in [-0.2, -0.15) is 4.37 Å². The Kier molecular flexibility index (Phi) is 3.78. The van der Waals surface area contributed by atoms with E-state index in [2.05, 4.69) is 9.36 Å². The van der Waals surface area contributed by atoms with Crippen LogP contribution >= 0.6 is 23.3 Å². The van der Waals surface area contributed by atoms with Gasteiger partial charge in [-0.15, -0.1) is 0 Å². The summed E-state index contributed by atoms with van der Waals surface area (Å²) in [6.07, 6.45) is 1.06. The van der Waals surface area contributed by atoms with Crippen LogP contribution in [0.4, 0.5) is 0 Å². The molecule has 0 spiro atoms. The van der Waals surface area contributed by atoms with Gasteiger partial charge in [-0.05, 0) is 11.5 Å². The Morgan fingerprint density at radius 2 is 2.64 bits per heavy atom. The minimum absolute atomic E-state index is 0.297. The second kappa shape index (κ2) is 4.66. The summed E-state index contributed by atoms with van der Waals surface area (Å²) in [7, 11) is 0. The van der Waals surface area contributed by atoms with Crippen molar-refractivity contribution in [2.24, 2.45) is 5.73 Å². The van der Waals surface area contributed by atoms with E-state index in [1.807, 2.05) is 0 Å². The molecule has 1 heterocycles. The lowest BCUT2D eigenvalue weighted by Gasteiger charge is -2.03. The first kappa shape index (κ1) is 8.92. The van der Waals surface area contributed by atoms with Crippen molar-refractivity contribution < 1.29 is 5.11 Å². The van der Waals surface area contributed by atoms with Crippen molar-refractivity contribution in [3.05, 3.63) is 6.33 Å². The fourth-order valence-corrected chi connectivity index (χ4v) is 1.88. The van der Waals surface area contributed by atoms with E-state index in [4.69, 9.17) is 10.8 Å². The van der Waals surface area contributed by atoms with E-state index in [0.29, 0.717) is 12.3 Å². The fourth-order valence-electron chi connectivity index (χ4n) is 0.462. The smallest absolute Gasteiger partial charge is 0.169 e. The molecule has 0 aliphatic rings. The zero-order valence-electron chi connectivity index (χ0n) is 5.80. The van der Waals surface area contributed by atoms with Crippen LogP contribution in [0.2, 0.25) is 0 Å². The second-order valence-electron chi connectivity index (χ2n) is 1.91. The zero-order chi connectivity index (χ0) is 8.10. The van der Waals surface area contributed by atoms with Gasteiger partial charge in [0.1, 0.15) is 6.33 Å². The third-order valence-electron chi connectivity index (χ3n) is 1.01. The number of hydrogen-bond donors (Lipinski definition) is 2. The van der Waals surface area contributed by atoms with Crippen molar-refractivity contribution in [2.75, 3.05) is 12.3 Å². The van der Waals surface area contributed by atoms with E-state index in [-0.39, 0.29) is 0 Å². The third kappa shape index (κ3) is 3.15. The fraction of sp³-hybridized carbons (Fsp3) is 0.600. The van der Waals surface area contributed by atoms with Gasteiger partial charge >= 0.3 is 0 Å². The molecule has 1 aromatic heterocycles. The van der Waals surface area contributed by atoms with E-state index in [0.717, 1.165) is 4.34 Å². The van der Waals surface area contributed by atoms with E-state index in [1.165, 1.54) is 29.6 Å². The zero-order valence-corrected chi connectivity index (χ0v) is 7.44. The van der Waals surface area contributed by atoms with E-state index in [9.17, 15) is 0 Å². The number of nitrogens with zero attached hydrogens (tertiary/aromatic N) is 2. The number of aromatic nitrogens is 2. The average Bonchev–Trinajstić information content (AvgIpc) is 2.52. The summed E-state index contributed by atoms with van der Waals surface area (Å²) >= 11 is 2.80. The highest BCUT2D eigenvalue weighted by atomic mass is 32.2. The monoisotopic (exact) mass is 191 g/mol. The SMILES string of the molecule is NC[C@H](O)CSc1ncns1. The average molecular weight is 191 g/mol. The van der Waals surface area contributed by atoms with Crippen molar-refractivity contribution >= 4 is 23.3 Å². The van der Waals surface area contributed by atoms with Crippen LogP contribution in [0.15, 0.2) is 10.7 Å². The number of nitrogens with two attached hydrogens (primary N) is 1. The first-order valence-corrected chi connectivity index (χ1v) is 4.86. The molecule has 0 aliphatic carbocycles. The highest BCUT2D eigenvalue weighted by molar-refractivity contribution is 8.00. The molecule has 1 atom stereocenters. The molecule has 0 radical (unpaired) electrons. The summed E-state index contributed by atoms with van der Waals surface area (Å²) in [5.74, 6) is 0.589. The predicted octanol–water partition coefficient (Wildman–Crippen LogP) is -0.0502. The molecule has 1 rings (SSSR count). The molecule has 0 saturated heterocycles. The molecule has 0 aliphatic heterocycles. The van der Waals surface area contributed by atoms with Gasteiger partial charge in [0.2, 0.25) is 0 Å². The summed E-state index contributed by atoms with van der Waals surface area (Å²) in [5.41, 5.74) is 5.22. The van der Waals surface area contributed by atoms with Crippen molar-refractivity contribution in [3.8, 4) is 0 Å². The minimum Gasteiger partial charge on any atom is -0.391 e. The quantitative estimate of drug-likeness (QED) is 0.653. The van der Waals surface area contributed by atoms with E-state index < -0.39 is 6.10 Å². The second-order valence-corrected chi connectivity index (χ2v) is 3.95. The molecule has 11 heavy (non-hydrogen) atoms. The third-order valence-corrected chi connectivity index (χ3v) is 2.95. The minimum atomic E-state index is -0.441. The Bertz CT molecular complexity index is 192. The molecule has 0 fully saturated rings. The summed E-state index contributed by atoms with van der Waals surface area (Å²) in [5, 5.41) is 9.07. The van der Waals surface area contributed by atoms with Crippen LogP contribution in [0.5, 0.6) is 0 Å². The number of hydrogen-bond acceptors (Lipinski definition) is 6. The normalized spacial score (nSPS) is 13.3. The van der Waals surface area contributed by atoms with Crippen LogP contribution in [0.25, 0.3) is 0 Å². The highest BCUT2D eigenvalue weighted by Crippen LogP contribution is 2.18. The molecule has 3 N–H and O–H groups in total. The molecular weight excluding hydrogens is 182 g/mol. The number of rotatable bonds is 4. The lowest BCUT2D eigenvalue weighted by atomic mass is 10.4. The molecule has 0 saturated carbocycles. The Balaban J connectivity index is 2.23. The van der Waals surface area contributed by atoms with Gasteiger partial charge < -0.3 is 10.8 Å². The Morgan fingerprint density at radius 3 is 3.18 bits per heavy atom. The van der Waals surface area contributed by atoms with Crippen LogP contribution in [0.3, 0.4) is 0 Å². The van der Waals surface area contributed by atoms with Gasteiger partial charge in [-0.3, -0.25) is 0 Å². The largest absolute Gasteiger partial charge is 0.391 e. The van der Waals surface area contributed by atoms with Crippen molar-refractivity contribution in [1.29, 1.82) is 0 Å². The molecular formula is C5H9N3OS2. The molecule has 0 unspecified atom stereocenters. The van der Waals surface area contributed by atoms with Gasteiger partial charge in [-0.1, -0.05) is 11.8 Å². The first-order valence-electron chi connectivity index (χ1n) is 3.10. The van der Waals surface area contributed by atoms with Gasteiger partial charge in [0, 0.05) is 12.3 Å². The maximum absolute atomic E-state index is 9.07. The Morgan fingerprint density at radius 1 is 1.82 bits per heavy atom. The lowest BCUT2D eigenvalue weighted by Crippen LogP contribution is -2.21. The molecule has 1 aromatic rings. The summed E-state index contributed by atoms with van der Waals surface area (Å²) in [4.78, 5) is 3.94. The van der Waals surface area contributed by atoms with Crippen LogP contribution in [0, 0.1) is 0 Å². The van der Waals surface area contributed by atoms with Gasteiger partial charge in [0.15, 0.2) is 4.34 Å². The van der Waals surface area contributed by atoms with Crippen LogP contribution in [0.1, 0.15) is 0 Å². The molecule has 6 heteroatoms. The lowest BCUT2D eigenvalue weighted by molar-refractivity contribution is 0.208. The van der Waals surface area contributed by atoms with Crippen molar-refractivity contribution in [3.63, 3.8) is 0 Å². The molecule has 62 valence electrons. The first-order chi connectivity index (χ1) is 5.33. The summed E-state index contributed by atoms with van der Waals surface area (Å²) < 4.78 is 4.70. The van der Waals surface area contributed by atoms with Gasteiger partial charge in [-0.25, -0.2) is 4.98 Å². The molecule has 0 amide bonds. The van der Waals surface area contributed by atoms with Crippen molar-refractivity contribution in [2.45, 2.75) is 10.4 Å². The van der Waals surface area contributed by atoms with Crippen molar-refractivity contribution in [1.82, 2.24) is 9.36 Å². The van der Waals surface area contributed by atoms with Gasteiger partial charge in [0.25, 0.3) is 0 Å². The van der Waals surface area contributed by atoms with Crippen LogP contribution in [-0.2, 0) is 0 Å². The molecule has 4 nitrogen and oxygen atoms in total. The predicted molar refractivity (Wildman–Crippen MR) is 45.7 cm³/mol. The maximum Gasteiger partial charge on any atom is 0.169 e. The topological polar surface area (TPSA) is 72.0 Å². The Hall–Kier alpha value is -0.170. The van der Waals surface area contributed by atoms with E-state index in [1.54, 1.807) is 0 Å².